The van der Waals surface area contributed by atoms with Crippen LogP contribution in [-0.4, -0.2) is 8.80 Å². The van der Waals surface area contributed by atoms with Crippen LogP contribution in [0.5, 0.6) is 0 Å². The minimum atomic E-state index is 1.23. The maximum absolute atomic E-state index is 2.38. The fraction of sp³-hybridized carbons (Fsp3) is 0.0769. The molecule has 4 nitrogen and oxygen atoms in total. The predicted molar refractivity (Wildman–Crippen MR) is 121 cm³/mol. The number of hydrogen-bond acceptors (Lipinski definition) is 0. The maximum Gasteiger partial charge on any atom is 0.249 e. The zero-order valence-electron chi connectivity index (χ0n) is 16.9. The van der Waals surface area contributed by atoms with Gasteiger partial charge in [0.15, 0.2) is 11.0 Å². The van der Waals surface area contributed by atoms with E-state index in [2.05, 4.69) is 118 Å². The summed E-state index contributed by atoms with van der Waals surface area (Å²) in [6, 6.07) is 22.2. The third-order valence-electron chi connectivity index (χ3n) is 6.39. The minimum Gasteiger partial charge on any atom is -0.238 e. The number of aromatic nitrogens is 4. The van der Waals surface area contributed by atoms with Crippen molar-refractivity contribution in [3.05, 3.63) is 85.7 Å². The summed E-state index contributed by atoms with van der Waals surface area (Å²) in [5.74, 6) is 0. The van der Waals surface area contributed by atoms with E-state index in [0.717, 1.165) is 0 Å². The summed E-state index contributed by atoms with van der Waals surface area (Å²) in [4.78, 5) is 0. The molecule has 4 heteroatoms. The summed E-state index contributed by atoms with van der Waals surface area (Å²) in [5, 5.41) is 7.71. The van der Waals surface area contributed by atoms with Crippen LogP contribution in [0.15, 0.2) is 85.7 Å². The quantitative estimate of drug-likeness (QED) is 0.207. The molecule has 142 valence electrons. The highest BCUT2D eigenvalue weighted by Gasteiger charge is 2.20. The van der Waals surface area contributed by atoms with E-state index in [0.29, 0.717) is 0 Å². The third-order valence-corrected chi connectivity index (χ3v) is 6.39. The summed E-state index contributed by atoms with van der Waals surface area (Å²) in [5.41, 5.74) is 4.92. The van der Waals surface area contributed by atoms with Gasteiger partial charge in [-0.3, -0.25) is 0 Å². The number of rotatable bonds is 0. The molecule has 0 aliphatic rings. The van der Waals surface area contributed by atoms with Gasteiger partial charge in [-0.05, 0) is 29.0 Å². The van der Waals surface area contributed by atoms with E-state index in [9.17, 15) is 0 Å². The first-order chi connectivity index (χ1) is 14.7. The zero-order valence-corrected chi connectivity index (χ0v) is 16.9. The molecule has 7 rings (SSSR count). The lowest BCUT2D eigenvalue weighted by Crippen LogP contribution is -2.23. The van der Waals surface area contributed by atoms with Gasteiger partial charge >= 0.3 is 0 Å². The van der Waals surface area contributed by atoms with Crippen molar-refractivity contribution in [2.45, 2.75) is 0 Å². The number of benzene rings is 3. The van der Waals surface area contributed by atoms with Gasteiger partial charge in [0.05, 0.1) is 14.1 Å². The van der Waals surface area contributed by atoms with Crippen molar-refractivity contribution in [1.82, 2.24) is 8.80 Å². The second-order valence-corrected chi connectivity index (χ2v) is 8.31. The molecule has 0 atom stereocenters. The Kier molecular flexibility index (Phi) is 2.85. The Balaban J connectivity index is 1.85. The molecule has 0 saturated heterocycles. The highest BCUT2D eigenvalue weighted by atomic mass is 15.1. The highest BCUT2D eigenvalue weighted by Crippen LogP contribution is 2.35. The van der Waals surface area contributed by atoms with Crippen LogP contribution in [0.4, 0.5) is 0 Å². The standard InChI is InChI=1S/C26H20N4/c1-27-13-25-19-9-5-3-7-17(19)21-11-22-18-8-4-6-10-20(18)26-14-28(2)16-30(26)24(22)12-23(21)29(25)15-27/h3-16H,1-2H3/q+2. The molecule has 0 bridgehead atoms. The zero-order chi connectivity index (χ0) is 20.0. The Labute approximate surface area is 172 Å². The third kappa shape index (κ3) is 1.90. The first-order valence-electron chi connectivity index (χ1n) is 10.2. The molecule has 0 radical (unpaired) electrons. The van der Waals surface area contributed by atoms with Gasteiger partial charge < -0.3 is 0 Å². The number of nitrogens with zero attached hydrogens (tertiary/aromatic N) is 4. The van der Waals surface area contributed by atoms with E-state index >= 15 is 0 Å². The van der Waals surface area contributed by atoms with E-state index in [4.69, 9.17) is 0 Å². The van der Waals surface area contributed by atoms with Crippen LogP contribution in [0.3, 0.4) is 0 Å². The first-order valence-corrected chi connectivity index (χ1v) is 10.2. The van der Waals surface area contributed by atoms with Gasteiger partial charge in [-0.2, -0.15) is 8.80 Å². The van der Waals surface area contributed by atoms with E-state index in [1.807, 2.05) is 0 Å². The van der Waals surface area contributed by atoms with Crippen molar-refractivity contribution < 1.29 is 9.13 Å². The molecule has 0 amide bonds. The fourth-order valence-electron chi connectivity index (χ4n) is 5.14. The molecule has 0 aliphatic heterocycles. The average Bonchev–Trinajstić information content (AvgIpc) is 3.36. The molecule has 0 spiro atoms. The summed E-state index contributed by atoms with van der Waals surface area (Å²) in [6.45, 7) is 0. The molecule has 3 aromatic carbocycles. The van der Waals surface area contributed by atoms with Crippen LogP contribution < -0.4 is 9.13 Å². The van der Waals surface area contributed by atoms with Gasteiger partial charge in [0, 0.05) is 27.6 Å². The van der Waals surface area contributed by atoms with Crippen LogP contribution in [0.25, 0.3) is 54.4 Å². The Hall–Kier alpha value is -3.92. The molecular weight excluding hydrogens is 368 g/mol. The lowest BCUT2D eigenvalue weighted by molar-refractivity contribution is -0.669. The van der Waals surface area contributed by atoms with Gasteiger partial charge in [0.1, 0.15) is 23.4 Å². The average molecular weight is 388 g/mol. The van der Waals surface area contributed by atoms with Crippen LogP contribution >= 0.6 is 0 Å². The van der Waals surface area contributed by atoms with Crippen molar-refractivity contribution in [2.75, 3.05) is 0 Å². The van der Waals surface area contributed by atoms with Crippen LogP contribution in [0, 0.1) is 0 Å². The van der Waals surface area contributed by atoms with Crippen molar-refractivity contribution in [3.63, 3.8) is 0 Å². The SMILES string of the molecule is C[n+]1cc2c3ccccc3c3cc4c5ccccc5c5c[n+](C)cn5c4cc3n2c1. The van der Waals surface area contributed by atoms with Crippen molar-refractivity contribution >= 4 is 54.4 Å². The molecular formula is C26H20N4+2. The van der Waals surface area contributed by atoms with Crippen molar-refractivity contribution in [3.8, 4) is 0 Å². The van der Waals surface area contributed by atoms with Crippen LogP contribution in [0.2, 0.25) is 0 Å². The molecule has 4 aromatic heterocycles. The largest absolute Gasteiger partial charge is 0.249 e. The van der Waals surface area contributed by atoms with Crippen molar-refractivity contribution in [1.29, 1.82) is 0 Å². The highest BCUT2D eigenvalue weighted by molar-refractivity contribution is 6.20. The minimum absolute atomic E-state index is 1.23. The maximum atomic E-state index is 2.38. The number of aryl methyl sites for hydroxylation is 2. The molecule has 30 heavy (non-hydrogen) atoms. The summed E-state index contributed by atoms with van der Waals surface area (Å²) < 4.78 is 8.91. The Morgan fingerprint density at radius 3 is 1.40 bits per heavy atom. The van der Waals surface area contributed by atoms with Gasteiger partial charge in [0.2, 0.25) is 12.7 Å². The van der Waals surface area contributed by atoms with E-state index in [-0.39, 0.29) is 0 Å². The molecule has 4 heterocycles. The molecule has 7 aromatic rings. The van der Waals surface area contributed by atoms with E-state index in [1.165, 1.54) is 54.4 Å². The second kappa shape index (κ2) is 5.36. The van der Waals surface area contributed by atoms with E-state index in [1.54, 1.807) is 0 Å². The Morgan fingerprint density at radius 1 is 0.500 bits per heavy atom. The number of pyridine rings is 2. The lowest BCUT2D eigenvalue weighted by Gasteiger charge is -2.08. The molecule has 0 N–H and O–H groups in total. The summed E-state index contributed by atoms with van der Waals surface area (Å²) in [6.07, 6.45) is 8.75. The summed E-state index contributed by atoms with van der Waals surface area (Å²) >= 11 is 0. The molecule has 0 fully saturated rings. The topological polar surface area (TPSA) is 16.6 Å². The van der Waals surface area contributed by atoms with Gasteiger partial charge in [-0.15, -0.1) is 0 Å². The Bertz CT molecular complexity index is 1690. The van der Waals surface area contributed by atoms with Gasteiger partial charge in [-0.1, -0.05) is 36.4 Å². The Morgan fingerprint density at radius 2 is 0.933 bits per heavy atom. The van der Waals surface area contributed by atoms with E-state index < -0.39 is 0 Å². The number of hydrogen-bond donors (Lipinski definition) is 0. The normalized spacial score (nSPS) is 12.3. The lowest BCUT2D eigenvalue weighted by atomic mass is 9.99. The smallest absolute Gasteiger partial charge is 0.238 e. The monoisotopic (exact) mass is 388 g/mol. The van der Waals surface area contributed by atoms with Gasteiger partial charge in [-0.25, -0.2) is 9.13 Å². The van der Waals surface area contributed by atoms with Crippen molar-refractivity contribution in [2.24, 2.45) is 14.1 Å². The fourth-order valence-corrected chi connectivity index (χ4v) is 5.14. The first kappa shape index (κ1) is 15.9. The molecule has 0 unspecified atom stereocenters. The van der Waals surface area contributed by atoms with Crippen LogP contribution in [-0.2, 0) is 14.1 Å². The molecule has 0 saturated carbocycles. The van der Waals surface area contributed by atoms with Gasteiger partial charge in [0.25, 0.3) is 0 Å². The number of imidazole rings is 2. The number of fused-ring (bicyclic) bond motifs is 12. The predicted octanol–water partition coefficient (Wildman–Crippen LogP) is 4.45. The summed E-state index contributed by atoms with van der Waals surface area (Å²) in [7, 11) is 4.18. The van der Waals surface area contributed by atoms with Crippen LogP contribution in [0.1, 0.15) is 0 Å². The second-order valence-electron chi connectivity index (χ2n) is 8.31. The molecule has 0 aliphatic carbocycles.